The standard InChI is InChI=1S/C45H64N8O8S/c1-8-9-10-11-12-14-28-22-45(28,41(57)58)51-40(56)35-20-30(24-53(35)39(55)23-46-42(59)50-37(44(4,5)6)25-52-18-13-15-38(52)54)61-36-21-33(34-26-62-43(49-34)47-27(2)3)48-32-19-29(60-7)16-17-31(32)36/h16-17,19,21,26-28,30,35,37H,8-15,18,20,22-25H2,1-7H3,(H,47,49)(H,51,56)(H,57,58)(H2,46,50,59)/t28?,30-,35+,37-,45-/m1/s1. The molecule has 4 heterocycles. The van der Waals surface area contributed by atoms with E-state index in [2.05, 4.69) is 28.2 Å². The van der Waals surface area contributed by atoms with E-state index in [1.807, 2.05) is 46.1 Å². The number of ether oxygens (including phenoxy) is 2. The predicted molar refractivity (Wildman–Crippen MR) is 238 cm³/mol. The molecule has 1 unspecified atom stereocenters. The van der Waals surface area contributed by atoms with Gasteiger partial charge < -0.3 is 45.6 Å². The van der Waals surface area contributed by atoms with Crippen molar-refractivity contribution in [2.45, 2.75) is 136 Å². The highest BCUT2D eigenvalue weighted by Crippen LogP contribution is 2.47. The fraction of sp³-hybridized carbons (Fsp3) is 0.622. The van der Waals surface area contributed by atoms with Crippen molar-refractivity contribution in [3.05, 3.63) is 29.6 Å². The lowest BCUT2D eigenvalue weighted by molar-refractivity contribution is -0.145. The molecule has 5 atom stereocenters. The minimum Gasteiger partial charge on any atom is -0.497 e. The van der Waals surface area contributed by atoms with Crippen LogP contribution in [-0.4, -0.2) is 118 Å². The lowest BCUT2D eigenvalue weighted by atomic mass is 9.86. The number of aromatic nitrogens is 2. The van der Waals surface area contributed by atoms with Crippen LogP contribution in [0.3, 0.4) is 0 Å². The zero-order valence-electron chi connectivity index (χ0n) is 37.2. The highest BCUT2D eigenvalue weighted by Gasteiger charge is 2.62. The minimum absolute atomic E-state index is 0.00268. The number of benzene rings is 1. The van der Waals surface area contributed by atoms with E-state index in [0.717, 1.165) is 43.7 Å². The fourth-order valence-electron chi connectivity index (χ4n) is 8.39. The SMILES string of the molecule is CCCCCCCC1C[C@]1(NC(=O)[C@@H]1C[C@@H](Oc2cc(-c3csc(NC(C)C)n3)nc3cc(OC)ccc23)CN1C(=O)CNC(=O)N[C@H](CN1CCCC1=O)C(C)(C)C)C(=O)O. The van der Waals surface area contributed by atoms with Gasteiger partial charge in [-0.25, -0.2) is 19.6 Å². The number of pyridine rings is 1. The van der Waals surface area contributed by atoms with Crippen LogP contribution in [0.2, 0.25) is 0 Å². The normalized spacial score (nSPS) is 21.5. The van der Waals surface area contributed by atoms with Gasteiger partial charge in [-0.1, -0.05) is 59.8 Å². The van der Waals surface area contributed by atoms with Gasteiger partial charge in [0, 0.05) is 54.9 Å². The number of methoxy groups -OCH3 is 1. The Kier molecular flexibility index (Phi) is 14.9. The van der Waals surface area contributed by atoms with Crippen LogP contribution in [-0.2, 0) is 19.2 Å². The number of aliphatic carboxylic acids is 1. The van der Waals surface area contributed by atoms with Crippen LogP contribution in [0.4, 0.5) is 9.93 Å². The molecule has 16 nitrogen and oxygen atoms in total. The van der Waals surface area contributed by atoms with Gasteiger partial charge in [0.1, 0.15) is 34.9 Å². The third kappa shape index (κ3) is 11.2. The Balaban J connectivity index is 1.22. The number of carbonyl (C=O) groups is 5. The average molecular weight is 877 g/mol. The summed E-state index contributed by atoms with van der Waals surface area (Å²) in [6.45, 7) is 12.7. The highest BCUT2D eigenvalue weighted by atomic mass is 32.1. The van der Waals surface area contributed by atoms with Gasteiger partial charge in [-0.15, -0.1) is 11.3 Å². The Labute approximate surface area is 368 Å². The van der Waals surface area contributed by atoms with Gasteiger partial charge in [0.15, 0.2) is 5.13 Å². The Morgan fingerprint density at radius 3 is 2.52 bits per heavy atom. The van der Waals surface area contributed by atoms with Gasteiger partial charge in [-0.3, -0.25) is 14.4 Å². The first kappa shape index (κ1) is 46.3. The summed E-state index contributed by atoms with van der Waals surface area (Å²) in [5.41, 5.74) is 0.00164. The Hall–Kier alpha value is -5.19. The number of carbonyl (C=O) groups excluding carboxylic acids is 4. The van der Waals surface area contributed by atoms with Gasteiger partial charge in [0.2, 0.25) is 17.7 Å². The molecular weight excluding hydrogens is 813 g/mol. The molecular formula is C45H64N8O8S. The van der Waals surface area contributed by atoms with Crippen molar-refractivity contribution in [2.24, 2.45) is 11.3 Å². The van der Waals surface area contributed by atoms with Crippen molar-refractivity contribution >= 4 is 57.1 Å². The molecule has 1 saturated carbocycles. The summed E-state index contributed by atoms with van der Waals surface area (Å²) in [7, 11) is 1.58. The second kappa shape index (κ2) is 19.9. The van der Waals surface area contributed by atoms with E-state index >= 15 is 0 Å². The van der Waals surface area contributed by atoms with Crippen molar-refractivity contribution in [1.29, 1.82) is 0 Å². The predicted octanol–water partition coefficient (Wildman–Crippen LogP) is 6.19. The van der Waals surface area contributed by atoms with E-state index in [4.69, 9.17) is 19.4 Å². The number of anilines is 1. The maximum Gasteiger partial charge on any atom is 0.329 e. The molecule has 62 heavy (non-hydrogen) atoms. The summed E-state index contributed by atoms with van der Waals surface area (Å²) in [6.07, 6.45) is 6.85. The van der Waals surface area contributed by atoms with Crippen LogP contribution < -0.4 is 30.7 Å². The smallest absolute Gasteiger partial charge is 0.329 e. The van der Waals surface area contributed by atoms with Gasteiger partial charge >= 0.3 is 12.0 Å². The largest absolute Gasteiger partial charge is 0.497 e. The van der Waals surface area contributed by atoms with Crippen LogP contribution >= 0.6 is 11.3 Å². The molecule has 6 rings (SSSR count). The lowest BCUT2D eigenvalue weighted by Gasteiger charge is -2.34. The Bertz CT molecular complexity index is 2100. The zero-order valence-corrected chi connectivity index (χ0v) is 38.0. The number of nitrogens with one attached hydrogen (secondary N) is 4. The van der Waals surface area contributed by atoms with E-state index in [-0.39, 0.29) is 30.8 Å². The number of fused-ring (bicyclic) bond motifs is 1. The first-order chi connectivity index (χ1) is 29.5. The first-order valence-corrected chi connectivity index (χ1v) is 22.9. The second-order valence-electron chi connectivity index (χ2n) is 18.3. The molecule has 2 aliphatic heterocycles. The summed E-state index contributed by atoms with van der Waals surface area (Å²) in [6, 6.07) is 5.38. The molecule has 17 heteroatoms. The molecule has 0 radical (unpaired) electrons. The van der Waals surface area contributed by atoms with Crippen molar-refractivity contribution in [1.82, 2.24) is 35.7 Å². The van der Waals surface area contributed by atoms with E-state index < -0.39 is 59.5 Å². The van der Waals surface area contributed by atoms with Crippen molar-refractivity contribution < 1.29 is 38.6 Å². The average Bonchev–Trinajstić information content (AvgIpc) is 3.55. The summed E-state index contributed by atoms with van der Waals surface area (Å²) < 4.78 is 12.2. The van der Waals surface area contributed by atoms with Gasteiger partial charge in [-0.05, 0) is 56.6 Å². The molecule has 338 valence electrons. The molecule has 3 aliphatic rings. The Morgan fingerprint density at radius 2 is 1.84 bits per heavy atom. The van der Waals surface area contributed by atoms with Crippen molar-refractivity contribution in [3.8, 4) is 22.9 Å². The molecule has 0 spiro atoms. The number of carboxylic acids is 1. The summed E-state index contributed by atoms with van der Waals surface area (Å²) in [4.78, 5) is 79.6. The van der Waals surface area contributed by atoms with E-state index in [0.29, 0.717) is 66.1 Å². The monoisotopic (exact) mass is 876 g/mol. The third-order valence-corrected chi connectivity index (χ3v) is 12.9. The fourth-order valence-corrected chi connectivity index (χ4v) is 9.24. The zero-order chi connectivity index (χ0) is 44.8. The number of carboxylic acid groups (broad SMARTS) is 1. The number of amides is 5. The maximum absolute atomic E-state index is 14.3. The van der Waals surface area contributed by atoms with Crippen LogP contribution in [0.15, 0.2) is 29.6 Å². The van der Waals surface area contributed by atoms with Gasteiger partial charge in [0.25, 0.3) is 0 Å². The molecule has 3 aromatic rings. The number of likely N-dealkylation sites (tertiary alicyclic amines) is 2. The van der Waals surface area contributed by atoms with E-state index in [1.165, 1.54) is 16.2 Å². The molecule has 3 fully saturated rings. The number of nitrogens with zero attached hydrogens (tertiary/aromatic N) is 4. The number of rotatable bonds is 20. The number of unbranched alkanes of at least 4 members (excludes halogenated alkanes) is 4. The molecule has 2 aromatic heterocycles. The minimum atomic E-state index is -1.40. The number of hydrogen-bond acceptors (Lipinski definition) is 11. The quantitative estimate of drug-likeness (QED) is 0.0810. The topological polar surface area (TPSA) is 204 Å². The first-order valence-electron chi connectivity index (χ1n) is 22.1. The molecule has 1 aliphatic carbocycles. The van der Waals surface area contributed by atoms with Crippen molar-refractivity contribution in [2.75, 3.05) is 38.6 Å². The second-order valence-corrected chi connectivity index (χ2v) is 19.2. The van der Waals surface area contributed by atoms with Crippen LogP contribution in [0.25, 0.3) is 22.3 Å². The van der Waals surface area contributed by atoms with Gasteiger partial charge in [-0.2, -0.15) is 0 Å². The summed E-state index contributed by atoms with van der Waals surface area (Å²) in [5, 5.41) is 25.5. The van der Waals surface area contributed by atoms with E-state index in [9.17, 15) is 29.1 Å². The van der Waals surface area contributed by atoms with E-state index in [1.54, 1.807) is 30.2 Å². The number of thiazole rings is 1. The summed E-state index contributed by atoms with van der Waals surface area (Å²) >= 11 is 1.46. The Morgan fingerprint density at radius 1 is 1.06 bits per heavy atom. The molecule has 5 N–H and O–H groups in total. The summed E-state index contributed by atoms with van der Waals surface area (Å²) in [5.74, 6) is -1.29. The van der Waals surface area contributed by atoms with Crippen LogP contribution in [0, 0.1) is 11.3 Å². The van der Waals surface area contributed by atoms with Gasteiger partial charge in [0.05, 0.1) is 37.5 Å². The lowest BCUT2D eigenvalue weighted by Crippen LogP contribution is -2.56. The molecule has 0 bridgehead atoms. The van der Waals surface area contributed by atoms with Crippen LogP contribution in [0.5, 0.6) is 11.5 Å². The van der Waals surface area contributed by atoms with Crippen molar-refractivity contribution in [3.63, 3.8) is 0 Å². The molecule has 5 amide bonds. The maximum atomic E-state index is 14.3. The molecule has 2 saturated heterocycles. The molecule has 1 aromatic carbocycles. The third-order valence-electron chi connectivity index (χ3n) is 12.2. The highest BCUT2D eigenvalue weighted by molar-refractivity contribution is 7.14. The van der Waals surface area contributed by atoms with Crippen LogP contribution in [0.1, 0.15) is 106 Å². The number of hydrogen-bond donors (Lipinski definition) is 5. The number of urea groups is 1.